The predicted molar refractivity (Wildman–Crippen MR) is 72.5 cm³/mol. The zero-order valence-electron chi connectivity index (χ0n) is 11.6. The minimum atomic E-state index is -0.323. The van der Waals surface area contributed by atoms with E-state index >= 15 is 0 Å². The van der Waals surface area contributed by atoms with E-state index in [2.05, 4.69) is 6.92 Å². The zero-order valence-corrected chi connectivity index (χ0v) is 11.6. The van der Waals surface area contributed by atoms with Gasteiger partial charge in [0.2, 0.25) is 0 Å². The number of cyclic esters (lactones) is 1. The molecule has 19 heavy (non-hydrogen) atoms. The van der Waals surface area contributed by atoms with Gasteiger partial charge in [-0.1, -0.05) is 25.8 Å². The first-order chi connectivity index (χ1) is 9.11. The normalized spacial score (nSPS) is 20.3. The smallest absolute Gasteiger partial charge is 0.331 e. The van der Waals surface area contributed by atoms with Crippen LogP contribution in [0.3, 0.4) is 0 Å². The van der Waals surface area contributed by atoms with Crippen molar-refractivity contribution >= 4 is 11.9 Å². The third kappa shape index (κ3) is 6.79. The molecule has 0 radical (unpaired) electrons. The molecule has 0 aliphatic carbocycles. The van der Waals surface area contributed by atoms with E-state index in [0.717, 1.165) is 25.7 Å². The molecule has 106 valence electrons. The summed E-state index contributed by atoms with van der Waals surface area (Å²) in [6.07, 6.45) is 11.1. The molecule has 0 aromatic carbocycles. The largest absolute Gasteiger partial charge is 0.458 e. The highest BCUT2D eigenvalue weighted by molar-refractivity contribution is 5.82. The van der Waals surface area contributed by atoms with Crippen LogP contribution in [0.2, 0.25) is 0 Å². The van der Waals surface area contributed by atoms with Gasteiger partial charge in [0.15, 0.2) is 0 Å². The van der Waals surface area contributed by atoms with Crippen LogP contribution in [0.15, 0.2) is 24.3 Å². The third-order valence-electron chi connectivity index (χ3n) is 2.84. The standard InChI is InChI=1S/C15H22O4/c1-3-4-5-7-13(18-12(2)16)10-11-14-8-6-9-15(17)19-14/h6,9-11,13-14H,3-5,7-8H2,1-2H3/b11-10-/t13-,14+/m0/s1. The van der Waals surface area contributed by atoms with E-state index in [0.29, 0.717) is 6.42 Å². The van der Waals surface area contributed by atoms with Crippen molar-refractivity contribution in [1.82, 2.24) is 0 Å². The molecule has 0 amide bonds. The highest BCUT2D eigenvalue weighted by Gasteiger charge is 2.14. The van der Waals surface area contributed by atoms with E-state index in [-0.39, 0.29) is 24.1 Å². The van der Waals surface area contributed by atoms with Crippen molar-refractivity contribution in [2.75, 3.05) is 0 Å². The Morgan fingerprint density at radius 2 is 2.37 bits per heavy atom. The van der Waals surface area contributed by atoms with Crippen LogP contribution in [0, 0.1) is 0 Å². The van der Waals surface area contributed by atoms with Crippen molar-refractivity contribution in [2.45, 2.75) is 58.2 Å². The maximum atomic E-state index is 11.1. The Morgan fingerprint density at radius 3 is 3.00 bits per heavy atom. The van der Waals surface area contributed by atoms with Gasteiger partial charge >= 0.3 is 11.9 Å². The molecule has 4 nitrogen and oxygen atoms in total. The molecule has 0 aromatic rings. The number of hydrogen-bond donors (Lipinski definition) is 0. The van der Waals surface area contributed by atoms with Gasteiger partial charge in [0.05, 0.1) is 0 Å². The molecular weight excluding hydrogens is 244 g/mol. The summed E-state index contributed by atoms with van der Waals surface area (Å²) in [6.45, 7) is 3.54. The Bertz CT molecular complexity index is 357. The van der Waals surface area contributed by atoms with Crippen molar-refractivity contribution in [1.29, 1.82) is 0 Å². The van der Waals surface area contributed by atoms with Crippen LogP contribution in [-0.2, 0) is 19.1 Å². The molecule has 0 bridgehead atoms. The van der Waals surface area contributed by atoms with Gasteiger partial charge in [-0.15, -0.1) is 0 Å². The quantitative estimate of drug-likeness (QED) is 0.404. The Kier molecular flexibility index (Phi) is 6.93. The van der Waals surface area contributed by atoms with E-state index < -0.39 is 0 Å². The molecule has 0 fully saturated rings. The molecule has 1 aliphatic rings. The SMILES string of the molecule is CCCCC[C@@H](/C=C\[C@H]1CC=CC(=O)O1)OC(C)=O. The summed E-state index contributed by atoms with van der Waals surface area (Å²) in [5.41, 5.74) is 0. The van der Waals surface area contributed by atoms with Crippen LogP contribution in [0.1, 0.15) is 46.0 Å². The monoisotopic (exact) mass is 266 g/mol. The lowest BCUT2D eigenvalue weighted by atomic mass is 10.1. The van der Waals surface area contributed by atoms with E-state index in [4.69, 9.17) is 9.47 Å². The highest BCUT2D eigenvalue weighted by Crippen LogP contribution is 2.13. The van der Waals surface area contributed by atoms with Crippen LogP contribution in [0.25, 0.3) is 0 Å². The minimum Gasteiger partial charge on any atom is -0.458 e. The summed E-state index contributed by atoms with van der Waals surface area (Å²) in [5, 5.41) is 0. The van der Waals surface area contributed by atoms with Crippen molar-refractivity contribution < 1.29 is 19.1 Å². The highest BCUT2D eigenvalue weighted by atomic mass is 16.5. The lowest BCUT2D eigenvalue weighted by Crippen LogP contribution is -2.19. The number of carbonyl (C=O) groups excluding carboxylic acids is 2. The molecule has 0 N–H and O–H groups in total. The predicted octanol–water partition coefficient (Wildman–Crippen LogP) is 2.93. The van der Waals surface area contributed by atoms with E-state index in [1.54, 1.807) is 12.2 Å². The second kappa shape index (κ2) is 8.51. The van der Waals surface area contributed by atoms with E-state index in [1.165, 1.54) is 13.0 Å². The maximum absolute atomic E-state index is 11.1. The summed E-state index contributed by atoms with van der Waals surface area (Å²) in [5.74, 6) is -0.609. The van der Waals surface area contributed by atoms with Crippen molar-refractivity contribution in [3.63, 3.8) is 0 Å². The number of rotatable bonds is 7. The first-order valence-corrected chi connectivity index (χ1v) is 6.84. The summed E-state index contributed by atoms with van der Waals surface area (Å²) >= 11 is 0. The first-order valence-electron chi connectivity index (χ1n) is 6.84. The average molecular weight is 266 g/mol. The Hall–Kier alpha value is -1.58. The average Bonchev–Trinajstić information content (AvgIpc) is 2.35. The van der Waals surface area contributed by atoms with Crippen molar-refractivity contribution in [3.8, 4) is 0 Å². The number of hydrogen-bond acceptors (Lipinski definition) is 4. The number of carbonyl (C=O) groups is 2. The lowest BCUT2D eigenvalue weighted by Gasteiger charge is -2.17. The molecule has 4 heteroatoms. The third-order valence-corrected chi connectivity index (χ3v) is 2.84. The van der Waals surface area contributed by atoms with Gasteiger partial charge in [-0.25, -0.2) is 4.79 Å². The fourth-order valence-electron chi connectivity index (χ4n) is 1.90. The number of unbranched alkanes of at least 4 members (excludes halogenated alkanes) is 2. The molecule has 1 heterocycles. The summed E-state index contributed by atoms with van der Waals surface area (Å²) in [7, 11) is 0. The van der Waals surface area contributed by atoms with Gasteiger partial charge in [0, 0.05) is 19.4 Å². The molecule has 0 saturated heterocycles. The van der Waals surface area contributed by atoms with Crippen LogP contribution in [0.4, 0.5) is 0 Å². The van der Waals surface area contributed by atoms with Gasteiger partial charge in [-0.2, -0.15) is 0 Å². The molecular formula is C15H22O4. The van der Waals surface area contributed by atoms with Crippen molar-refractivity contribution in [3.05, 3.63) is 24.3 Å². The summed E-state index contributed by atoms with van der Waals surface area (Å²) < 4.78 is 10.3. The van der Waals surface area contributed by atoms with Gasteiger partial charge in [-0.3, -0.25) is 4.79 Å². The number of esters is 2. The molecule has 1 aliphatic heterocycles. The number of ether oxygens (including phenoxy) is 2. The molecule has 0 aromatic heterocycles. The van der Waals surface area contributed by atoms with Gasteiger partial charge < -0.3 is 9.47 Å². The van der Waals surface area contributed by atoms with Gasteiger partial charge in [-0.05, 0) is 25.0 Å². The Morgan fingerprint density at radius 1 is 1.58 bits per heavy atom. The lowest BCUT2D eigenvalue weighted by molar-refractivity contribution is -0.145. The fraction of sp³-hybridized carbons (Fsp3) is 0.600. The van der Waals surface area contributed by atoms with E-state index in [9.17, 15) is 9.59 Å². The molecule has 0 unspecified atom stereocenters. The van der Waals surface area contributed by atoms with Gasteiger partial charge in [0.25, 0.3) is 0 Å². The maximum Gasteiger partial charge on any atom is 0.331 e. The molecule has 0 saturated carbocycles. The molecule has 2 atom stereocenters. The minimum absolute atomic E-state index is 0.228. The Labute approximate surface area is 114 Å². The molecule has 1 rings (SSSR count). The second-order valence-corrected chi connectivity index (χ2v) is 4.64. The zero-order chi connectivity index (χ0) is 14.1. The summed E-state index contributed by atoms with van der Waals surface area (Å²) in [6, 6.07) is 0. The Balaban J connectivity index is 2.47. The van der Waals surface area contributed by atoms with Gasteiger partial charge in [0.1, 0.15) is 12.2 Å². The van der Waals surface area contributed by atoms with Crippen LogP contribution >= 0.6 is 0 Å². The fourth-order valence-corrected chi connectivity index (χ4v) is 1.90. The van der Waals surface area contributed by atoms with Crippen LogP contribution in [0.5, 0.6) is 0 Å². The molecule has 0 spiro atoms. The van der Waals surface area contributed by atoms with Crippen LogP contribution in [-0.4, -0.2) is 24.1 Å². The van der Waals surface area contributed by atoms with Crippen molar-refractivity contribution in [2.24, 2.45) is 0 Å². The second-order valence-electron chi connectivity index (χ2n) is 4.64. The first kappa shape index (κ1) is 15.5. The summed E-state index contributed by atoms with van der Waals surface area (Å²) in [4.78, 5) is 22.1. The topological polar surface area (TPSA) is 52.6 Å². The van der Waals surface area contributed by atoms with Crippen LogP contribution < -0.4 is 0 Å². The van der Waals surface area contributed by atoms with E-state index in [1.807, 2.05) is 6.08 Å².